The van der Waals surface area contributed by atoms with Gasteiger partial charge in [-0.1, -0.05) is 185 Å². The van der Waals surface area contributed by atoms with E-state index >= 15 is 0 Å². The second-order valence-corrected chi connectivity index (χ2v) is 15.4. The minimum absolute atomic E-state index is 0.0421. The number of aliphatic hydroxyl groups excluding tert-OH is 2. The van der Waals surface area contributed by atoms with Gasteiger partial charge in [0.25, 0.3) is 0 Å². The maximum atomic E-state index is 12.4. The second kappa shape index (κ2) is 42.8. The molecule has 3 N–H and O–H groups in total. The predicted octanol–water partition coefficient (Wildman–Crippen LogP) is 12.9. The monoisotopic (exact) mass is 746 g/mol. The van der Waals surface area contributed by atoms with E-state index in [9.17, 15) is 19.8 Å². The summed E-state index contributed by atoms with van der Waals surface area (Å²) in [4.78, 5) is 24.4. The van der Waals surface area contributed by atoms with Gasteiger partial charge in [-0.15, -0.1) is 0 Å². The SMILES string of the molecule is CCCCCC/C=C\C/C=C\CCCCCCCC(=O)OCCCCCCCCCCCC(=O)NC(CO)C(O)/C=C/CCCCCCCCCCC. The lowest BCUT2D eigenvalue weighted by Gasteiger charge is -2.20. The van der Waals surface area contributed by atoms with Crippen molar-refractivity contribution in [2.45, 2.75) is 238 Å². The van der Waals surface area contributed by atoms with Crippen LogP contribution in [0.15, 0.2) is 36.5 Å². The van der Waals surface area contributed by atoms with Crippen LogP contribution in [0.3, 0.4) is 0 Å². The fraction of sp³-hybridized carbons (Fsp3) is 0.830. The molecule has 0 saturated carbocycles. The van der Waals surface area contributed by atoms with E-state index in [-0.39, 0.29) is 18.5 Å². The van der Waals surface area contributed by atoms with Crippen molar-refractivity contribution in [3.8, 4) is 0 Å². The summed E-state index contributed by atoms with van der Waals surface area (Å²) in [6, 6.07) is -0.647. The molecule has 6 nitrogen and oxygen atoms in total. The third-order valence-electron chi connectivity index (χ3n) is 10.2. The number of allylic oxidation sites excluding steroid dienone is 5. The standard InChI is InChI=1S/C47H87NO5/c1-3-5-7-9-11-13-15-16-17-18-19-21-25-29-33-37-41-47(52)53-42-38-34-30-26-22-24-28-32-36-40-46(51)48-44(43-49)45(50)39-35-31-27-23-20-14-12-10-8-6-4-2/h13,15,17-18,35,39,44-45,49-50H,3-12,14,16,19-34,36-38,40-43H2,1-2H3,(H,48,51)/b15-13-,18-17-,39-35+. The first-order valence-corrected chi connectivity index (χ1v) is 22.8. The molecule has 0 rings (SSSR count). The summed E-state index contributed by atoms with van der Waals surface area (Å²) >= 11 is 0. The average molecular weight is 746 g/mol. The number of hydrogen-bond acceptors (Lipinski definition) is 5. The van der Waals surface area contributed by atoms with Gasteiger partial charge in [0.1, 0.15) is 0 Å². The summed E-state index contributed by atoms with van der Waals surface area (Å²) in [5.41, 5.74) is 0. The molecule has 0 fully saturated rings. The van der Waals surface area contributed by atoms with E-state index in [0.29, 0.717) is 19.4 Å². The summed E-state index contributed by atoms with van der Waals surface area (Å²) in [5, 5.41) is 22.9. The molecule has 0 radical (unpaired) electrons. The minimum Gasteiger partial charge on any atom is -0.466 e. The average Bonchev–Trinajstić information content (AvgIpc) is 3.16. The van der Waals surface area contributed by atoms with E-state index in [1.165, 1.54) is 128 Å². The molecule has 0 aliphatic carbocycles. The number of aliphatic hydroxyl groups is 2. The number of amides is 1. The molecule has 0 aromatic rings. The summed E-state index contributed by atoms with van der Waals surface area (Å²) in [5.74, 6) is -0.142. The van der Waals surface area contributed by atoms with Gasteiger partial charge in [-0.3, -0.25) is 9.59 Å². The summed E-state index contributed by atoms with van der Waals surface area (Å²) in [7, 11) is 0. The van der Waals surface area contributed by atoms with Crippen molar-refractivity contribution in [1.29, 1.82) is 0 Å². The van der Waals surface area contributed by atoms with Gasteiger partial charge in [-0.2, -0.15) is 0 Å². The zero-order chi connectivity index (χ0) is 38.7. The van der Waals surface area contributed by atoms with Crippen molar-refractivity contribution in [2.24, 2.45) is 0 Å². The van der Waals surface area contributed by atoms with Crippen LogP contribution in [0.1, 0.15) is 226 Å². The summed E-state index contributed by atoms with van der Waals surface area (Å²) in [6.07, 6.45) is 49.8. The highest BCUT2D eigenvalue weighted by Crippen LogP contribution is 2.14. The number of carbonyl (C=O) groups is 2. The van der Waals surface area contributed by atoms with Crippen LogP contribution in [0.2, 0.25) is 0 Å². The number of unbranched alkanes of at least 4 members (excludes halogenated alkanes) is 26. The van der Waals surface area contributed by atoms with E-state index in [2.05, 4.69) is 43.5 Å². The van der Waals surface area contributed by atoms with Crippen LogP contribution in [-0.2, 0) is 14.3 Å². The highest BCUT2D eigenvalue weighted by molar-refractivity contribution is 5.76. The number of nitrogens with one attached hydrogen (secondary N) is 1. The molecular formula is C47H87NO5. The molecular weight excluding hydrogens is 659 g/mol. The second-order valence-electron chi connectivity index (χ2n) is 15.4. The Bertz CT molecular complexity index is 869. The van der Waals surface area contributed by atoms with E-state index in [1.807, 2.05) is 6.08 Å². The molecule has 0 aliphatic heterocycles. The maximum absolute atomic E-state index is 12.4. The Hall–Kier alpha value is -1.92. The lowest BCUT2D eigenvalue weighted by molar-refractivity contribution is -0.143. The number of rotatable bonds is 41. The van der Waals surface area contributed by atoms with Gasteiger partial charge in [0.2, 0.25) is 5.91 Å². The Morgan fingerprint density at radius 1 is 0.528 bits per heavy atom. The highest BCUT2D eigenvalue weighted by atomic mass is 16.5. The van der Waals surface area contributed by atoms with Crippen LogP contribution in [0.25, 0.3) is 0 Å². The van der Waals surface area contributed by atoms with Gasteiger partial charge in [0, 0.05) is 12.8 Å². The molecule has 0 heterocycles. The van der Waals surface area contributed by atoms with E-state index in [0.717, 1.165) is 70.6 Å². The van der Waals surface area contributed by atoms with Crippen molar-refractivity contribution in [3.63, 3.8) is 0 Å². The molecule has 53 heavy (non-hydrogen) atoms. The van der Waals surface area contributed by atoms with Gasteiger partial charge in [-0.25, -0.2) is 0 Å². The Morgan fingerprint density at radius 2 is 0.943 bits per heavy atom. The first-order chi connectivity index (χ1) is 26.0. The molecule has 6 heteroatoms. The molecule has 0 spiro atoms. The summed E-state index contributed by atoms with van der Waals surface area (Å²) in [6.45, 7) is 4.78. The molecule has 2 unspecified atom stereocenters. The number of esters is 1. The number of carbonyl (C=O) groups excluding carboxylic acids is 2. The predicted molar refractivity (Wildman–Crippen MR) is 227 cm³/mol. The van der Waals surface area contributed by atoms with E-state index in [1.54, 1.807) is 6.08 Å². The molecule has 0 aromatic heterocycles. The Kier molecular flexibility index (Phi) is 41.3. The van der Waals surface area contributed by atoms with Crippen molar-refractivity contribution in [2.75, 3.05) is 13.2 Å². The smallest absolute Gasteiger partial charge is 0.305 e. The maximum Gasteiger partial charge on any atom is 0.305 e. The highest BCUT2D eigenvalue weighted by Gasteiger charge is 2.18. The van der Waals surface area contributed by atoms with Crippen LogP contribution in [-0.4, -0.2) is 47.4 Å². The Balaban J connectivity index is 3.54. The quantitative estimate of drug-likeness (QED) is 0.0329. The zero-order valence-electron chi connectivity index (χ0n) is 35.0. The van der Waals surface area contributed by atoms with Crippen LogP contribution < -0.4 is 5.32 Å². The molecule has 310 valence electrons. The van der Waals surface area contributed by atoms with Gasteiger partial charge < -0.3 is 20.3 Å². The Labute approximate surface area is 328 Å². The van der Waals surface area contributed by atoms with E-state index in [4.69, 9.17) is 4.74 Å². The van der Waals surface area contributed by atoms with Gasteiger partial charge in [0.15, 0.2) is 0 Å². The number of hydrogen-bond donors (Lipinski definition) is 3. The topological polar surface area (TPSA) is 95.9 Å². The molecule has 2 atom stereocenters. The van der Waals surface area contributed by atoms with Crippen molar-refractivity contribution in [3.05, 3.63) is 36.5 Å². The molecule has 1 amide bonds. The zero-order valence-corrected chi connectivity index (χ0v) is 35.0. The summed E-state index contributed by atoms with van der Waals surface area (Å²) < 4.78 is 5.43. The third-order valence-corrected chi connectivity index (χ3v) is 10.2. The van der Waals surface area contributed by atoms with Crippen LogP contribution in [0.4, 0.5) is 0 Å². The first-order valence-electron chi connectivity index (χ1n) is 22.8. The lowest BCUT2D eigenvalue weighted by Crippen LogP contribution is -2.45. The van der Waals surface area contributed by atoms with Crippen molar-refractivity contribution in [1.82, 2.24) is 5.32 Å². The third kappa shape index (κ3) is 39.6. The molecule has 0 aliphatic rings. The normalized spacial score (nSPS) is 13.1. The van der Waals surface area contributed by atoms with Crippen molar-refractivity contribution < 1.29 is 24.5 Å². The van der Waals surface area contributed by atoms with Gasteiger partial charge in [0.05, 0.1) is 25.4 Å². The van der Waals surface area contributed by atoms with Crippen LogP contribution >= 0.6 is 0 Å². The Morgan fingerprint density at radius 3 is 1.45 bits per heavy atom. The lowest BCUT2D eigenvalue weighted by atomic mass is 10.1. The number of ether oxygens (including phenoxy) is 1. The van der Waals surface area contributed by atoms with Gasteiger partial charge >= 0.3 is 5.97 Å². The van der Waals surface area contributed by atoms with E-state index < -0.39 is 12.1 Å². The van der Waals surface area contributed by atoms with Crippen molar-refractivity contribution >= 4 is 11.9 Å². The minimum atomic E-state index is -0.861. The fourth-order valence-electron chi connectivity index (χ4n) is 6.60. The molecule has 0 aromatic carbocycles. The first kappa shape index (κ1) is 51.1. The van der Waals surface area contributed by atoms with Crippen LogP contribution in [0, 0.1) is 0 Å². The van der Waals surface area contributed by atoms with Gasteiger partial charge in [-0.05, 0) is 64.2 Å². The van der Waals surface area contributed by atoms with Crippen LogP contribution in [0.5, 0.6) is 0 Å². The molecule has 0 bridgehead atoms. The molecule has 0 saturated heterocycles. The largest absolute Gasteiger partial charge is 0.466 e. The fourth-order valence-corrected chi connectivity index (χ4v) is 6.60.